The number of rotatable bonds is 4. The number of carboxylic acid groups (broad SMARTS) is 1. The van der Waals surface area contributed by atoms with Crippen molar-refractivity contribution in [3.05, 3.63) is 29.4 Å². The number of hydrogen-bond acceptors (Lipinski definition) is 5. The molecule has 5 N–H and O–H groups in total. The average molecular weight is 282 g/mol. The van der Waals surface area contributed by atoms with Gasteiger partial charge >= 0.3 is 5.97 Å². The highest BCUT2D eigenvalue weighted by Crippen LogP contribution is 2.31. The quantitative estimate of drug-likeness (QED) is 0.630. The van der Waals surface area contributed by atoms with Gasteiger partial charge in [-0.1, -0.05) is 11.6 Å². The molecular formula is C12H12ClN3O3. The first-order valence-electron chi connectivity index (χ1n) is 5.47. The lowest BCUT2D eigenvalue weighted by Crippen LogP contribution is -2.33. The van der Waals surface area contributed by atoms with E-state index < -0.39 is 18.6 Å². The molecule has 7 heteroatoms. The van der Waals surface area contributed by atoms with Crippen molar-refractivity contribution < 1.29 is 15.0 Å². The lowest BCUT2D eigenvalue weighted by molar-refractivity contribution is -0.138. The van der Waals surface area contributed by atoms with E-state index in [1.165, 1.54) is 6.20 Å². The fourth-order valence-electron chi connectivity index (χ4n) is 1.72. The molecule has 6 nitrogen and oxygen atoms in total. The first-order valence-corrected chi connectivity index (χ1v) is 5.85. The van der Waals surface area contributed by atoms with Gasteiger partial charge in [0.1, 0.15) is 11.9 Å². The minimum Gasteiger partial charge on any atom is -0.480 e. The third-order valence-electron chi connectivity index (χ3n) is 2.73. The molecule has 0 amide bonds. The van der Waals surface area contributed by atoms with Crippen LogP contribution in [0, 0.1) is 0 Å². The van der Waals surface area contributed by atoms with Gasteiger partial charge in [0, 0.05) is 17.0 Å². The minimum absolute atomic E-state index is 0.335. The molecule has 1 atom stereocenters. The Balaban J connectivity index is 2.50. The summed E-state index contributed by atoms with van der Waals surface area (Å²) in [5.74, 6) is -0.828. The highest BCUT2D eigenvalue weighted by atomic mass is 35.5. The van der Waals surface area contributed by atoms with Gasteiger partial charge in [-0.2, -0.15) is 0 Å². The first kappa shape index (κ1) is 13.4. The maximum absolute atomic E-state index is 10.9. The van der Waals surface area contributed by atoms with Gasteiger partial charge in [0.25, 0.3) is 0 Å². The van der Waals surface area contributed by atoms with Crippen molar-refractivity contribution in [2.45, 2.75) is 6.04 Å². The molecule has 0 aliphatic carbocycles. The van der Waals surface area contributed by atoms with Gasteiger partial charge in [-0.3, -0.25) is 0 Å². The molecule has 2 aromatic rings. The van der Waals surface area contributed by atoms with E-state index in [9.17, 15) is 4.79 Å². The minimum atomic E-state index is -1.16. The van der Waals surface area contributed by atoms with E-state index in [-0.39, 0.29) is 0 Å². The number of benzene rings is 1. The standard InChI is InChI=1S/C12H12ClN3O3/c13-8-2-1-7-6(10(8)14)3-4-15-11(7)16-9(5-17)12(18)19/h1-4,9,17H,5,14H2,(H,15,16)(H,18,19). The fraction of sp³-hybridized carbons (Fsp3) is 0.167. The molecule has 0 bridgehead atoms. The van der Waals surface area contributed by atoms with E-state index in [0.717, 1.165) is 0 Å². The van der Waals surface area contributed by atoms with Crippen LogP contribution in [-0.2, 0) is 4.79 Å². The maximum Gasteiger partial charge on any atom is 0.328 e. The van der Waals surface area contributed by atoms with Gasteiger partial charge < -0.3 is 21.3 Å². The molecule has 0 saturated heterocycles. The summed E-state index contributed by atoms with van der Waals surface area (Å²) in [5, 5.41) is 22.3. The summed E-state index contributed by atoms with van der Waals surface area (Å²) in [7, 11) is 0. The van der Waals surface area contributed by atoms with Gasteiger partial charge in [0.2, 0.25) is 0 Å². The third-order valence-corrected chi connectivity index (χ3v) is 3.06. The number of nitrogen functional groups attached to an aromatic ring is 1. The largest absolute Gasteiger partial charge is 0.480 e. The topological polar surface area (TPSA) is 108 Å². The summed E-state index contributed by atoms with van der Waals surface area (Å²) in [6, 6.07) is 3.87. The van der Waals surface area contributed by atoms with Gasteiger partial charge in [-0.05, 0) is 18.2 Å². The van der Waals surface area contributed by atoms with E-state index in [1.54, 1.807) is 18.2 Å². The van der Waals surface area contributed by atoms with Crippen LogP contribution >= 0.6 is 11.6 Å². The number of nitrogens with one attached hydrogen (secondary N) is 1. The molecule has 0 spiro atoms. The van der Waals surface area contributed by atoms with E-state index >= 15 is 0 Å². The molecule has 1 aromatic heterocycles. The molecular weight excluding hydrogens is 270 g/mol. The summed E-state index contributed by atoms with van der Waals surface area (Å²) < 4.78 is 0. The Hall–Kier alpha value is -2.05. The van der Waals surface area contributed by atoms with E-state index in [0.29, 0.717) is 27.3 Å². The molecule has 2 rings (SSSR count). The first-order chi connectivity index (χ1) is 9.04. The number of aliphatic hydroxyl groups is 1. The average Bonchev–Trinajstić information content (AvgIpc) is 2.40. The predicted octanol–water partition coefficient (Wildman–Crippen LogP) is 1.33. The molecule has 100 valence electrons. The normalized spacial score (nSPS) is 12.3. The highest BCUT2D eigenvalue weighted by molar-refractivity contribution is 6.34. The lowest BCUT2D eigenvalue weighted by Gasteiger charge is -2.14. The summed E-state index contributed by atoms with van der Waals surface area (Å²) >= 11 is 5.92. The maximum atomic E-state index is 10.9. The number of aromatic nitrogens is 1. The number of hydrogen-bond donors (Lipinski definition) is 4. The Labute approximate surface area is 113 Å². The zero-order chi connectivity index (χ0) is 14.0. The molecule has 1 aromatic carbocycles. The number of halogens is 1. The smallest absolute Gasteiger partial charge is 0.328 e. The number of nitrogens with zero attached hydrogens (tertiary/aromatic N) is 1. The number of anilines is 2. The number of aliphatic hydroxyl groups excluding tert-OH is 1. The van der Waals surface area contributed by atoms with Crippen LogP contribution in [0.2, 0.25) is 5.02 Å². The van der Waals surface area contributed by atoms with Gasteiger partial charge in [-0.25, -0.2) is 9.78 Å². The molecule has 0 radical (unpaired) electrons. The molecule has 0 aliphatic heterocycles. The molecule has 0 saturated carbocycles. The zero-order valence-electron chi connectivity index (χ0n) is 9.80. The SMILES string of the molecule is Nc1c(Cl)ccc2c(NC(CO)C(=O)O)nccc12. The predicted molar refractivity (Wildman–Crippen MR) is 73.3 cm³/mol. The second-order valence-electron chi connectivity index (χ2n) is 3.93. The second-order valence-corrected chi connectivity index (χ2v) is 4.34. The van der Waals surface area contributed by atoms with Crippen LogP contribution in [-0.4, -0.2) is 33.8 Å². The van der Waals surface area contributed by atoms with Crippen molar-refractivity contribution in [3.8, 4) is 0 Å². The Morgan fingerprint density at radius 1 is 1.42 bits per heavy atom. The van der Waals surface area contributed by atoms with E-state index in [1.807, 2.05) is 0 Å². The summed E-state index contributed by atoms with van der Waals surface area (Å²) in [6.07, 6.45) is 1.49. The summed E-state index contributed by atoms with van der Waals surface area (Å²) in [5.41, 5.74) is 6.26. The number of carbonyl (C=O) groups is 1. The molecule has 1 heterocycles. The molecule has 19 heavy (non-hydrogen) atoms. The second kappa shape index (κ2) is 5.29. The number of carboxylic acids is 1. The highest BCUT2D eigenvalue weighted by Gasteiger charge is 2.18. The van der Waals surface area contributed by atoms with Gasteiger partial charge in [-0.15, -0.1) is 0 Å². The number of pyridine rings is 1. The molecule has 0 aliphatic rings. The van der Waals surface area contributed by atoms with Gasteiger partial charge in [0.15, 0.2) is 0 Å². The number of nitrogens with two attached hydrogens (primary N) is 1. The Morgan fingerprint density at radius 2 is 2.16 bits per heavy atom. The van der Waals surface area contributed by atoms with E-state index in [4.69, 9.17) is 27.5 Å². The Kier molecular flexibility index (Phi) is 3.73. The Morgan fingerprint density at radius 3 is 2.79 bits per heavy atom. The number of fused-ring (bicyclic) bond motifs is 1. The molecule has 0 fully saturated rings. The van der Waals surface area contributed by atoms with Crippen LogP contribution in [0.3, 0.4) is 0 Å². The van der Waals surface area contributed by atoms with Crippen LogP contribution in [0.5, 0.6) is 0 Å². The van der Waals surface area contributed by atoms with Crippen molar-refractivity contribution in [3.63, 3.8) is 0 Å². The molecule has 1 unspecified atom stereocenters. The van der Waals surface area contributed by atoms with Crippen LogP contribution in [0.4, 0.5) is 11.5 Å². The van der Waals surface area contributed by atoms with Crippen LogP contribution in [0.1, 0.15) is 0 Å². The third kappa shape index (κ3) is 2.54. The van der Waals surface area contributed by atoms with E-state index in [2.05, 4.69) is 10.3 Å². The van der Waals surface area contributed by atoms with Crippen molar-refractivity contribution in [1.29, 1.82) is 0 Å². The van der Waals surface area contributed by atoms with Crippen molar-refractivity contribution in [1.82, 2.24) is 4.98 Å². The van der Waals surface area contributed by atoms with Crippen molar-refractivity contribution in [2.75, 3.05) is 17.7 Å². The van der Waals surface area contributed by atoms with Crippen LogP contribution < -0.4 is 11.1 Å². The fourth-order valence-corrected chi connectivity index (χ4v) is 1.88. The monoisotopic (exact) mass is 281 g/mol. The number of aliphatic carboxylic acids is 1. The summed E-state index contributed by atoms with van der Waals surface area (Å²) in [4.78, 5) is 15.0. The Bertz CT molecular complexity index is 633. The zero-order valence-corrected chi connectivity index (χ0v) is 10.6. The van der Waals surface area contributed by atoms with Gasteiger partial charge in [0.05, 0.1) is 17.3 Å². The summed E-state index contributed by atoms with van der Waals surface area (Å²) in [6.45, 7) is -0.545. The lowest BCUT2D eigenvalue weighted by atomic mass is 10.1. The van der Waals surface area contributed by atoms with Crippen LogP contribution in [0.25, 0.3) is 10.8 Å². The van der Waals surface area contributed by atoms with Crippen molar-refractivity contribution in [2.24, 2.45) is 0 Å². The van der Waals surface area contributed by atoms with Crippen LogP contribution in [0.15, 0.2) is 24.4 Å². The van der Waals surface area contributed by atoms with Crippen molar-refractivity contribution >= 4 is 39.8 Å².